The molecule has 0 aliphatic rings. The average Bonchev–Trinajstić information content (AvgIpc) is 2.82. The second kappa shape index (κ2) is 4.64. The number of rotatable bonds is 2. The predicted octanol–water partition coefficient (Wildman–Crippen LogP) is 2.57. The van der Waals surface area contributed by atoms with Crippen molar-refractivity contribution < 1.29 is 12.8 Å². The molecule has 5 nitrogen and oxygen atoms in total. The van der Waals surface area contributed by atoms with Crippen molar-refractivity contribution in [3.05, 3.63) is 52.8 Å². The van der Waals surface area contributed by atoms with Crippen LogP contribution in [0.15, 0.2) is 51.8 Å². The molecule has 0 amide bonds. The standard InChI is InChI=1S/C12H7BrFN3O2S/c13-9-7-8(14)5-6-12(9)20(18,19)17-11-4-2-1-3-10(11)15-16-17/h1-7H. The Hall–Kier alpha value is -1.80. The van der Waals surface area contributed by atoms with E-state index >= 15 is 0 Å². The van der Waals surface area contributed by atoms with Gasteiger partial charge in [0.25, 0.3) is 10.0 Å². The number of hydrogen-bond acceptors (Lipinski definition) is 4. The van der Waals surface area contributed by atoms with Crippen LogP contribution < -0.4 is 0 Å². The molecule has 2 aromatic carbocycles. The highest BCUT2D eigenvalue weighted by Gasteiger charge is 2.23. The van der Waals surface area contributed by atoms with Gasteiger partial charge in [-0.25, -0.2) is 4.39 Å². The van der Waals surface area contributed by atoms with E-state index in [0.29, 0.717) is 11.0 Å². The molecule has 3 aromatic rings. The van der Waals surface area contributed by atoms with E-state index in [1.807, 2.05) is 0 Å². The van der Waals surface area contributed by atoms with Crippen LogP contribution in [-0.4, -0.2) is 22.8 Å². The maximum atomic E-state index is 13.1. The van der Waals surface area contributed by atoms with Crippen LogP contribution in [0.4, 0.5) is 4.39 Å². The van der Waals surface area contributed by atoms with Gasteiger partial charge in [-0.1, -0.05) is 17.3 Å². The van der Waals surface area contributed by atoms with Gasteiger partial charge >= 0.3 is 0 Å². The lowest BCUT2D eigenvalue weighted by Gasteiger charge is -2.06. The summed E-state index contributed by atoms with van der Waals surface area (Å²) in [5.41, 5.74) is 0.832. The second-order valence-electron chi connectivity index (χ2n) is 4.00. The Kier molecular flexibility index (Phi) is 3.06. The molecule has 1 heterocycles. The molecule has 1 aromatic heterocycles. The Labute approximate surface area is 122 Å². The van der Waals surface area contributed by atoms with Crippen molar-refractivity contribution in [2.75, 3.05) is 0 Å². The van der Waals surface area contributed by atoms with Crippen LogP contribution in [0.25, 0.3) is 11.0 Å². The summed E-state index contributed by atoms with van der Waals surface area (Å²) < 4.78 is 39.1. The van der Waals surface area contributed by atoms with Crippen LogP contribution in [0.2, 0.25) is 0 Å². The first-order chi connectivity index (χ1) is 9.50. The molecule has 0 aliphatic heterocycles. The average molecular weight is 356 g/mol. The monoisotopic (exact) mass is 355 g/mol. The summed E-state index contributed by atoms with van der Waals surface area (Å²) in [5.74, 6) is -0.528. The van der Waals surface area contributed by atoms with E-state index in [0.717, 1.165) is 16.2 Å². The van der Waals surface area contributed by atoms with Crippen molar-refractivity contribution in [2.24, 2.45) is 0 Å². The van der Waals surface area contributed by atoms with Crippen LogP contribution in [0.1, 0.15) is 0 Å². The van der Waals surface area contributed by atoms with Gasteiger partial charge in [-0.05, 0) is 46.3 Å². The van der Waals surface area contributed by atoms with Crippen LogP contribution in [0.5, 0.6) is 0 Å². The van der Waals surface area contributed by atoms with E-state index < -0.39 is 15.8 Å². The zero-order valence-corrected chi connectivity index (χ0v) is 12.3. The minimum Gasteiger partial charge on any atom is -0.207 e. The highest BCUT2D eigenvalue weighted by Crippen LogP contribution is 2.26. The maximum absolute atomic E-state index is 13.1. The first-order valence-electron chi connectivity index (χ1n) is 5.51. The van der Waals surface area contributed by atoms with Crippen LogP contribution in [-0.2, 0) is 10.0 Å². The topological polar surface area (TPSA) is 64.8 Å². The summed E-state index contributed by atoms with van der Waals surface area (Å²) in [6.45, 7) is 0. The fraction of sp³-hybridized carbons (Fsp3) is 0. The third kappa shape index (κ3) is 2.01. The molecule has 0 fully saturated rings. The molecule has 3 rings (SSSR count). The number of hydrogen-bond donors (Lipinski definition) is 0. The lowest BCUT2D eigenvalue weighted by Crippen LogP contribution is -2.15. The molecule has 0 unspecified atom stereocenters. The third-order valence-electron chi connectivity index (χ3n) is 2.72. The Morgan fingerprint density at radius 3 is 2.65 bits per heavy atom. The number of fused-ring (bicyclic) bond motifs is 1. The largest absolute Gasteiger partial charge is 0.286 e. The van der Waals surface area contributed by atoms with Gasteiger partial charge in [0, 0.05) is 4.47 Å². The first-order valence-corrected chi connectivity index (χ1v) is 7.74. The molecule has 0 saturated heterocycles. The number of halogens is 2. The number of benzene rings is 2. The number of para-hydroxylation sites is 1. The summed E-state index contributed by atoms with van der Waals surface area (Å²) >= 11 is 3.05. The van der Waals surface area contributed by atoms with Gasteiger partial charge in [0.2, 0.25) is 0 Å². The molecule has 0 saturated carbocycles. The molecule has 20 heavy (non-hydrogen) atoms. The highest BCUT2D eigenvalue weighted by atomic mass is 79.9. The Balaban J connectivity index is 2.26. The van der Waals surface area contributed by atoms with Gasteiger partial charge in [-0.2, -0.15) is 8.42 Å². The van der Waals surface area contributed by atoms with Crippen molar-refractivity contribution in [3.8, 4) is 0 Å². The van der Waals surface area contributed by atoms with Gasteiger partial charge in [0.15, 0.2) is 0 Å². The SMILES string of the molecule is O=S(=O)(c1ccc(F)cc1Br)n1nnc2ccccc21. The van der Waals surface area contributed by atoms with Crippen LogP contribution in [0.3, 0.4) is 0 Å². The first kappa shape index (κ1) is 13.2. The smallest absolute Gasteiger partial charge is 0.207 e. The summed E-state index contributed by atoms with van der Waals surface area (Å²) in [6.07, 6.45) is 0. The second-order valence-corrected chi connectivity index (χ2v) is 6.59. The van der Waals surface area contributed by atoms with E-state index in [1.165, 1.54) is 6.07 Å². The van der Waals surface area contributed by atoms with E-state index in [2.05, 4.69) is 26.2 Å². The fourth-order valence-electron chi connectivity index (χ4n) is 1.80. The molecule has 0 N–H and O–H groups in total. The quantitative estimate of drug-likeness (QED) is 0.708. The normalized spacial score (nSPS) is 11.9. The Bertz CT molecular complexity index is 908. The van der Waals surface area contributed by atoms with Crippen molar-refractivity contribution in [1.82, 2.24) is 14.4 Å². The van der Waals surface area contributed by atoms with E-state index in [9.17, 15) is 12.8 Å². The fourth-order valence-corrected chi connectivity index (χ4v) is 4.04. The molecule has 0 radical (unpaired) electrons. The van der Waals surface area contributed by atoms with Gasteiger partial charge in [0.05, 0.1) is 0 Å². The summed E-state index contributed by atoms with van der Waals surface area (Å²) in [6, 6.07) is 10.0. The summed E-state index contributed by atoms with van der Waals surface area (Å²) in [5, 5.41) is 7.47. The van der Waals surface area contributed by atoms with Crippen LogP contribution >= 0.6 is 15.9 Å². The molecular formula is C12H7BrFN3O2S. The lowest BCUT2D eigenvalue weighted by atomic mass is 10.3. The van der Waals surface area contributed by atoms with Crippen molar-refractivity contribution >= 4 is 37.0 Å². The lowest BCUT2D eigenvalue weighted by molar-refractivity contribution is 0.578. The third-order valence-corrected chi connectivity index (χ3v) is 5.28. The van der Waals surface area contributed by atoms with E-state index in [4.69, 9.17) is 0 Å². The minimum absolute atomic E-state index is 0.0745. The van der Waals surface area contributed by atoms with Crippen LogP contribution in [0, 0.1) is 5.82 Å². The van der Waals surface area contributed by atoms with E-state index in [1.54, 1.807) is 24.3 Å². The highest BCUT2D eigenvalue weighted by molar-refractivity contribution is 9.10. The molecule has 0 spiro atoms. The number of aromatic nitrogens is 3. The number of nitrogens with zero attached hydrogens (tertiary/aromatic N) is 3. The zero-order valence-electron chi connectivity index (χ0n) is 9.86. The predicted molar refractivity (Wildman–Crippen MR) is 74.2 cm³/mol. The zero-order chi connectivity index (χ0) is 14.3. The van der Waals surface area contributed by atoms with Gasteiger partial charge in [-0.15, -0.1) is 9.19 Å². The van der Waals surface area contributed by atoms with Gasteiger partial charge in [0.1, 0.15) is 21.7 Å². The Morgan fingerprint density at radius 1 is 1.15 bits per heavy atom. The summed E-state index contributed by atoms with van der Waals surface area (Å²) in [7, 11) is -3.94. The maximum Gasteiger partial charge on any atom is 0.286 e. The molecule has 0 atom stereocenters. The van der Waals surface area contributed by atoms with Crippen molar-refractivity contribution in [3.63, 3.8) is 0 Å². The molecular weight excluding hydrogens is 349 g/mol. The molecule has 102 valence electrons. The molecule has 8 heteroatoms. The minimum atomic E-state index is -3.94. The van der Waals surface area contributed by atoms with Crippen molar-refractivity contribution in [1.29, 1.82) is 0 Å². The van der Waals surface area contributed by atoms with Gasteiger partial charge in [-0.3, -0.25) is 0 Å². The van der Waals surface area contributed by atoms with Gasteiger partial charge < -0.3 is 0 Å². The molecule has 0 aliphatic carbocycles. The van der Waals surface area contributed by atoms with Crippen molar-refractivity contribution in [2.45, 2.75) is 4.90 Å². The summed E-state index contributed by atoms with van der Waals surface area (Å²) in [4.78, 5) is -0.0745. The Morgan fingerprint density at radius 2 is 1.90 bits per heavy atom. The van der Waals surface area contributed by atoms with E-state index in [-0.39, 0.29) is 9.37 Å². The molecule has 0 bridgehead atoms.